The van der Waals surface area contributed by atoms with Crippen molar-refractivity contribution in [2.24, 2.45) is 0 Å². The Morgan fingerprint density at radius 3 is 2.73 bits per heavy atom. The summed E-state index contributed by atoms with van der Waals surface area (Å²) in [4.78, 5) is 1.17. The average Bonchev–Trinajstić information content (AvgIpc) is 2.03. The Bertz CT molecular complexity index is 228. The molecule has 1 rings (SSSR count). The van der Waals surface area contributed by atoms with Crippen LogP contribution in [0.25, 0.3) is 0 Å². The highest BCUT2D eigenvalue weighted by Crippen LogP contribution is 2.22. The van der Waals surface area contributed by atoms with Crippen molar-refractivity contribution in [2.75, 3.05) is 6.26 Å². The van der Waals surface area contributed by atoms with Crippen LogP contribution in [-0.4, -0.2) is 11.4 Å². The Morgan fingerprint density at radius 1 is 1.45 bits per heavy atom. The second kappa shape index (κ2) is 4.14. The number of aliphatic hydroxyl groups excluding tert-OH is 1. The van der Waals surface area contributed by atoms with Crippen molar-refractivity contribution in [2.45, 2.75) is 11.5 Å². The normalized spacial score (nSPS) is 10.1. The first-order valence-corrected chi connectivity index (χ1v) is 5.22. The fraction of sp³-hybridized carbons (Fsp3) is 0.250. The Morgan fingerprint density at radius 2 is 2.18 bits per heavy atom. The van der Waals surface area contributed by atoms with Crippen molar-refractivity contribution in [1.29, 1.82) is 0 Å². The molecule has 0 bridgehead atoms. The zero-order chi connectivity index (χ0) is 8.27. The van der Waals surface area contributed by atoms with Crippen LogP contribution in [-0.2, 0) is 6.61 Å². The van der Waals surface area contributed by atoms with Gasteiger partial charge in [0, 0.05) is 9.37 Å². The van der Waals surface area contributed by atoms with Crippen LogP contribution in [0.1, 0.15) is 5.56 Å². The van der Waals surface area contributed by atoms with Crippen LogP contribution >= 0.6 is 27.7 Å². The highest BCUT2D eigenvalue weighted by molar-refractivity contribution is 9.10. The number of rotatable bonds is 2. The maximum atomic E-state index is 8.85. The molecule has 1 nitrogen and oxygen atoms in total. The highest BCUT2D eigenvalue weighted by atomic mass is 79.9. The van der Waals surface area contributed by atoms with Crippen LogP contribution in [0, 0.1) is 0 Å². The molecule has 0 saturated carbocycles. The van der Waals surface area contributed by atoms with Crippen LogP contribution in [0.5, 0.6) is 0 Å². The van der Waals surface area contributed by atoms with E-state index in [1.165, 1.54) is 4.90 Å². The summed E-state index contributed by atoms with van der Waals surface area (Å²) in [6.07, 6.45) is 2.02. The van der Waals surface area contributed by atoms with Crippen molar-refractivity contribution >= 4 is 27.7 Å². The van der Waals surface area contributed by atoms with Gasteiger partial charge in [-0.2, -0.15) is 0 Å². The molecule has 0 spiro atoms. The molecule has 60 valence electrons. The van der Waals surface area contributed by atoms with Gasteiger partial charge in [-0.3, -0.25) is 0 Å². The van der Waals surface area contributed by atoms with Crippen molar-refractivity contribution in [3.63, 3.8) is 0 Å². The molecule has 0 amide bonds. The van der Waals surface area contributed by atoms with Gasteiger partial charge in [0.2, 0.25) is 0 Å². The number of thioether (sulfide) groups is 1. The quantitative estimate of drug-likeness (QED) is 0.792. The molecule has 0 aliphatic rings. The lowest BCUT2D eigenvalue weighted by Gasteiger charge is -2.00. The van der Waals surface area contributed by atoms with Crippen LogP contribution in [0.3, 0.4) is 0 Å². The minimum atomic E-state index is 0.104. The van der Waals surface area contributed by atoms with E-state index in [1.54, 1.807) is 11.8 Å². The summed E-state index contributed by atoms with van der Waals surface area (Å²) < 4.78 is 1.02. The number of hydrogen-bond acceptors (Lipinski definition) is 2. The third kappa shape index (κ3) is 2.51. The van der Waals surface area contributed by atoms with E-state index in [9.17, 15) is 0 Å². The third-order valence-corrected chi connectivity index (χ3v) is 2.51. The van der Waals surface area contributed by atoms with Gasteiger partial charge in [0.1, 0.15) is 0 Å². The molecule has 0 aliphatic carbocycles. The fourth-order valence-electron chi connectivity index (χ4n) is 0.830. The van der Waals surface area contributed by atoms with Gasteiger partial charge in [0.15, 0.2) is 0 Å². The summed E-state index contributed by atoms with van der Waals surface area (Å²) in [7, 11) is 0. The minimum Gasteiger partial charge on any atom is -0.392 e. The van der Waals surface area contributed by atoms with Gasteiger partial charge in [-0.25, -0.2) is 0 Å². The topological polar surface area (TPSA) is 20.2 Å². The molecular formula is C8H9BrOS. The van der Waals surface area contributed by atoms with Crippen molar-refractivity contribution < 1.29 is 5.11 Å². The van der Waals surface area contributed by atoms with Crippen molar-refractivity contribution in [1.82, 2.24) is 0 Å². The summed E-state index contributed by atoms with van der Waals surface area (Å²) in [5.74, 6) is 0. The first-order valence-electron chi connectivity index (χ1n) is 3.20. The SMILES string of the molecule is CSc1cc(Br)cc(CO)c1. The Hall–Kier alpha value is 0.01000. The molecule has 0 aromatic heterocycles. The summed E-state index contributed by atoms with van der Waals surface area (Å²) in [6, 6.07) is 5.93. The zero-order valence-corrected chi connectivity index (χ0v) is 8.58. The number of halogens is 1. The molecule has 0 aliphatic heterocycles. The molecule has 1 aromatic rings. The van der Waals surface area contributed by atoms with Crippen molar-refractivity contribution in [3.05, 3.63) is 28.2 Å². The van der Waals surface area contributed by atoms with E-state index in [2.05, 4.69) is 15.9 Å². The lowest BCUT2D eigenvalue weighted by Crippen LogP contribution is -1.83. The van der Waals surface area contributed by atoms with Crippen LogP contribution in [0.15, 0.2) is 27.6 Å². The van der Waals surface area contributed by atoms with Crippen LogP contribution in [0.4, 0.5) is 0 Å². The van der Waals surface area contributed by atoms with Crippen molar-refractivity contribution in [3.8, 4) is 0 Å². The first-order chi connectivity index (χ1) is 5.26. The van der Waals surface area contributed by atoms with E-state index in [0.717, 1.165) is 10.0 Å². The summed E-state index contributed by atoms with van der Waals surface area (Å²) in [5.41, 5.74) is 0.948. The smallest absolute Gasteiger partial charge is 0.0682 e. The second-order valence-electron chi connectivity index (χ2n) is 2.16. The molecular weight excluding hydrogens is 224 g/mol. The average molecular weight is 233 g/mol. The van der Waals surface area contributed by atoms with E-state index >= 15 is 0 Å². The van der Waals surface area contributed by atoms with Gasteiger partial charge in [0.25, 0.3) is 0 Å². The van der Waals surface area contributed by atoms with Gasteiger partial charge in [-0.15, -0.1) is 11.8 Å². The summed E-state index contributed by atoms with van der Waals surface area (Å²) in [6.45, 7) is 0.104. The highest BCUT2D eigenvalue weighted by Gasteiger charge is 1.96. The van der Waals surface area contributed by atoms with E-state index in [4.69, 9.17) is 5.11 Å². The fourth-order valence-corrected chi connectivity index (χ4v) is 2.04. The van der Waals surface area contributed by atoms with Gasteiger partial charge in [-0.05, 0) is 30.0 Å². The maximum Gasteiger partial charge on any atom is 0.0682 e. The predicted molar refractivity (Wildman–Crippen MR) is 51.8 cm³/mol. The van der Waals surface area contributed by atoms with E-state index in [1.807, 2.05) is 24.5 Å². The zero-order valence-electron chi connectivity index (χ0n) is 6.17. The molecule has 0 radical (unpaired) electrons. The lowest BCUT2D eigenvalue weighted by atomic mass is 10.2. The monoisotopic (exact) mass is 232 g/mol. The van der Waals surface area contributed by atoms with Gasteiger partial charge in [-0.1, -0.05) is 15.9 Å². The molecule has 1 N–H and O–H groups in total. The second-order valence-corrected chi connectivity index (χ2v) is 3.95. The van der Waals surface area contributed by atoms with E-state index < -0.39 is 0 Å². The molecule has 3 heteroatoms. The van der Waals surface area contributed by atoms with E-state index in [-0.39, 0.29) is 6.61 Å². The van der Waals surface area contributed by atoms with Crippen LogP contribution < -0.4 is 0 Å². The van der Waals surface area contributed by atoms with E-state index in [0.29, 0.717) is 0 Å². The number of benzene rings is 1. The predicted octanol–water partition coefficient (Wildman–Crippen LogP) is 2.66. The molecule has 1 aromatic carbocycles. The lowest BCUT2D eigenvalue weighted by molar-refractivity contribution is 0.281. The molecule has 0 heterocycles. The first kappa shape index (κ1) is 9.10. The number of aliphatic hydroxyl groups is 1. The molecule has 0 atom stereocenters. The van der Waals surface area contributed by atoms with Gasteiger partial charge in [0.05, 0.1) is 6.61 Å². The molecule has 0 unspecified atom stereocenters. The van der Waals surface area contributed by atoms with Gasteiger partial charge < -0.3 is 5.11 Å². The molecule has 11 heavy (non-hydrogen) atoms. The Labute approximate surface area is 78.9 Å². The van der Waals surface area contributed by atoms with Gasteiger partial charge >= 0.3 is 0 Å². The summed E-state index contributed by atoms with van der Waals surface area (Å²) in [5, 5.41) is 8.85. The number of hydrogen-bond donors (Lipinski definition) is 1. The molecule has 0 saturated heterocycles. The Kier molecular flexibility index (Phi) is 3.43. The third-order valence-electron chi connectivity index (χ3n) is 1.35. The Balaban J connectivity index is 3.02. The largest absolute Gasteiger partial charge is 0.392 e. The minimum absolute atomic E-state index is 0.104. The molecule has 0 fully saturated rings. The summed E-state index contributed by atoms with van der Waals surface area (Å²) >= 11 is 5.04. The maximum absolute atomic E-state index is 8.85. The van der Waals surface area contributed by atoms with Crippen LogP contribution in [0.2, 0.25) is 0 Å². The standard InChI is InChI=1S/C8H9BrOS/c1-11-8-3-6(5-10)2-7(9)4-8/h2-4,10H,5H2,1H3.